The maximum Gasteiger partial charge on any atom is 0.236 e. The lowest BCUT2D eigenvalue weighted by Crippen LogP contribution is -2.39. The quantitative estimate of drug-likeness (QED) is 0.882. The van der Waals surface area contributed by atoms with Crippen molar-refractivity contribution in [3.8, 4) is 0 Å². The zero-order chi connectivity index (χ0) is 12.1. The number of nitrogens with zero attached hydrogens (tertiary/aromatic N) is 1. The molecular weight excluding hydrogens is 244 g/mol. The normalized spacial score (nSPS) is 10.8. The van der Waals surface area contributed by atoms with E-state index in [1.807, 2.05) is 33.0 Å². The molecule has 0 atom stereocenters. The number of thiophene rings is 1. The average Bonchev–Trinajstić information content (AvgIpc) is 2.62. The summed E-state index contributed by atoms with van der Waals surface area (Å²) in [6.07, 6.45) is 0. The van der Waals surface area contributed by atoms with E-state index in [1.165, 1.54) is 11.3 Å². The molecule has 16 heavy (non-hydrogen) atoms. The second kappa shape index (κ2) is 6.23. The van der Waals surface area contributed by atoms with Crippen molar-refractivity contribution >= 4 is 28.8 Å². The van der Waals surface area contributed by atoms with Gasteiger partial charge in [-0.2, -0.15) is 0 Å². The van der Waals surface area contributed by atoms with Gasteiger partial charge in [-0.05, 0) is 26.0 Å². The van der Waals surface area contributed by atoms with Gasteiger partial charge in [0.1, 0.15) is 0 Å². The summed E-state index contributed by atoms with van der Waals surface area (Å²) in [6, 6.07) is 4.08. The molecule has 90 valence electrons. The fraction of sp³-hybridized carbons (Fsp3) is 0.545. The van der Waals surface area contributed by atoms with Crippen molar-refractivity contribution in [2.24, 2.45) is 0 Å². The molecular formula is C11H17ClN2OS. The van der Waals surface area contributed by atoms with Crippen LogP contribution in [0.15, 0.2) is 12.1 Å². The summed E-state index contributed by atoms with van der Waals surface area (Å²) in [4.78, 5) is 14.5. The number of rotatable bonds is 5. The lowest BCUT2D eigenvalue weighted by atomic mass is 10.3. The van der Waals surface area contributed by atoms with E-state index in [0.29, 0.717) is 13.1 Å². The van der Waals surface area contributed by atoms with Crippen molar-refractivity contribution in [2.75, 3.05) is 13.6 Å². The van der Waals surface area contributed by atoms with Crippen LogP contribution in [-0.2, 0) is 11.3 Å². The van der Waals surface area contributed by atoms with Crippen molar-refractivity contribution in [3.05, 3.63) is 21.3 Å². The van der Waals surface area contributed by atoms with Gasteiger partial charge in [0.05, 0.1) is 10.9 Å². The van der Waals surface area contributed by atoms with E-state index in [-0.39, 0.29) is 11.9 Å². The van der Waals surface area contributed by atoms with Gasteiger partial charge in [0.25, 0.3) is 0 Å². The maximum absolute atomic E-state index is 11.6. The molecule has 0 saturated heterocycles. The molecule has 1 amide bonds. The molecule has 0 saturated carbocycles. The summed E-state index contributed by atoms with van der Waals surface area (Å²) in [6.45, 7) is 5.05. The Morgan fingerprint density at radius 2 is 2.25 bits per heavy atom. The summed E-state index contributed by atoms with van der Waals surface area (Å²) >= 11 is 7.34. The van der Waals surface area contributed by atoms with Crippen LogP contribution in [0, 0.1) is 0 Å². The SMILES string of the molecule is CC(C)N(C)C(=O)CNCc1ccc(Cl)s1. The molecule has 0 aromatic carbocycles. The van der Waals surface area contributed by atoms with Crippen molar-refractivity contribution in [2.45, 2.75) is 26.4 Å². The third kappa shape index (κ3) is 4.12. The highest BCUT2D eigenvalue weighted by atomic mass is 35.5. The Kier molecular flexibility index (Phi) is 5.25. The van der Waals surface area contributed by atoms with Crippen molar-refractivity contribution in [1.82, 2.24) is 10.2 Å². The Labute approximate surface area is 105 Å². The minimum Gasteiger partial charge on any atom is -0.342 e. The molecule has 0 bridgehead atoms. The first kappa shape index (κ1) is 13.5. The Morgan fingerprint density at radius 3 is 2.75 bits per heavy atom. The molecule has 0 spiro atoms. The van der Waals surface area contributed by atoms with Crippen LogP contribution in [-0.4, -0.2) is 30.4 Å². The van der Waals surface area contributed by atoms with Crippen LogP contribution in [0.25, 0.3) is 0 Å². The predicted molar refractivity (Wildman–Crippen MR) is 68.9 cm³/mol. The Balaban J connectivity index is 2.28. The predicted octanol–water partition coefficient (Wildman–Crippen LogP) is 2.36. The van der Waals surface area contributed by atoms with E-state index in [1.54, 1.807) is 4.90 Å². The molecule has 0 aliphatic rings. The van der Waals surface area contributed by atoms with Crippen molar-refractivity contribution < 1.29 is 4.79 Å². The van der Waals surface area contributed by atoms with Crippen LogP contribution in [0.3, 0.4) is 0 Å². The largest absolute Gasteiger partial charge is 0.342 e. The number of halogens is 1. The Hall–Kier alpha value is -0.580. The molecule has 0 aliphatic carbocycles. The minimum atomic E-state index is 0.109. The maximum atomic E-state index is 11.6. The Morgan fingerprint density at radius 1 is 1.56 bits per heavy atom. The zero-order valence-electron chi connectivity index (χ0n) is 9.79. The van der Waals surface area contributed by atoms with Gasteiger partial charge in [-0.25, -0.2) is 0 Å². The van der Waals surface area contributed by atoms with Gasteiger partial charge < -0.3 is 10.2 Å². The van der Waals surface area contributed by atoms with Crippen molar-refractivity contribution in [3.63, 3.8) is 0 Å². The van der Waals surface area contributed by atoms with Gasteiger partial charge in [-0.15, -0.1) is 11.3 Å². The molecule has 0 fully saturated rings. The van der Waals surface area contributed by atoms with E-state index in [2.05, 4.69) is 5.32 Å². The van der Waals surface area contributed by atoms with Crippen LogP contribution in [0.1, 0.15) is 18.7 Å². The van der Waals surface area contributed by atoms with Gasteiger partial charge in [0.15, 0.2) is 0 Å². The first-order valence-corrected chi connectivity index (χ1v) is 6.40. The topological polar surface area (TPSA) is 32.3 Å². The highest BCUT2D eigenvalue weighted by molar-refractivity contribution is 7.16. The molecule has 3 nitrogen and oxygen atoms in total. The van der Waals surface area contributed by atoms with E-state index >= 15 is 0 Å². The first-order valence-electron chi connectivity index (χ1n) is 5.21. The van der Waals surface area contributed by atoms with Gasteiger partial charge in [-0.3, -0.25) is 4.79 Å². The third-order valence-corrected chi connectivity index (χ3v) is 3.60. The lowest BCUT2D eigenvalue weighted by molar-refractivity contribution is -0.130. The standard InChI is InChI=1S/C11H17ClN2OS/c1-8(2)14(3)11(15)7-13-6-9-4-5-10(12)16-9/h4-5,8,13H,6-7H2,1-3H3. The molecule has 1 aromatic heterocycles. The van der Waals surface area contributed by atoms with Crippen LogP contribution in [0.5, 0.6) is 0 Å². The summed E-state index contributed by atoms with van der Waals surface area (Å²) in [7, 11) is 1.82. The second-order valence-electron chi connectivity index (χ2n) is 3.91. The van der Waals surface area contributed by atoms with E-state index < -0.39 is 0 Å². The molecule has 5 heteroatoms. The number of amides is 1. The molecule has 1 rings (SSSR count). The highest BCUT2D eigenvalue weighted by Crippen LogP contribution is 2.20. The van der Waals surface area contributed by atoms with Crippen LogP contribution in [0.4, 0.5) is 0 Å². The van der Waals surface area contributed by atoms with Gasteiger partial charge in [0, 0.05) is 24.5 Å². The number of hydrogen-bond acceptors (Lipinski definition) is 3. The van der Waals surface area contributed by atoms with Crippen LogP contribution >= 0.6 is 22.9 Å². The Bertz CT molecular complexity index is 352. The van der Waals surface area contributed by atoms with Crippen molar-refractivity contribution in [1.29, 1.82) is 0 Å². The summed E-state index contributed by atoms with van der Waals surface area (Å²) < 4.78 is 0.780. The molecule has 1 heterocycles. The van der Waals surface area contributed by atoms with Gasteiger partial charge in [-0.1, -0.05) is 11.6 Å². The first-order chi connectivity index (χ1) is 7.50. The van der Waals surface area contributed by atoms with Crippen LogP contribution < -0.4 is 5.32 Å². The van der Waals surface area contributed by atoms with E-state index in [4.69, 9.17) is 11.6 Å². The van der Waals surface area contributed by atoms with Gasteiger partial charge in [0.2, 0.25) is 5.91 Å². The second-order valence-corrected chi connectivity index (χ2v) is 5.71. The molecule has 0 radical (unpaired) electrons. The smallest absolute Gasteiger partial charge is 0.236 e. The fourth-order valence-corrected chi connectivity index (χ4v) is 2.21. The molecule has 1 N–H and O–H groups in total. The number of carbonyl (C=O) groups is 1. The summed E-state index contributed by atoms with van der Waals surface area (Å²) in [5, 5.41) is 3.11. The lowest BCUT2D eigenvalue weighted by Gasteiger charge is -2.21. The molecule has 0 unspecified atom stereocenters. The van der Waals surface area contributed by atoms with E-state index in [9.17, 15) is 4.79 Å². The highest BCUT2D eigenvalue weighted by Gasteiger charge is 2.10. The average molecular weight is 261 g/mol. The third-order valence-electron chi connectivity index (χ3n) is 2.37. The number of hydrogen-bond donors (Lipinski definition) is 1. The minimum absolute atomic E-state index is 0.109. The summed E-state index contributed by atoms with van der Waals surface area (Å²) in [5.41, 5.74) is 0. The number of carbonyl (C=O) groups excluding carboxylic acids is 1. The molecule has 1 aromatic rings. The fourth-order valence-electron chi connectivity index (χ4n) is 1.15. The summed E-state index contributed by atoms with van der Waals surface area (Å²) in [5.74, 6) is 0.109. The molecule has 0 aliphatic heterocycles. The zero-order valence-corrected chi connectivity index (χ0v) is 11.4. The van der Waals surface area contributed by atoms with Crippen LogP contribution in [0.2, 0.25) is 4.34 Å². The van der Waals surface area contributed by atoms with E-state index in [0.717, 1.165) is 9.21 Å². The monoisotopic (exact) mass is 260 g/mol. The van der Waals surface area contributed by atoms with Gasteiger partial charge >= 0.3 is 0 Å². The number of likely N-dealkylation sites (N-methyl/N-ethyl adjacent to an activating group) is 1. The number of nitrogens with one attached hydrogen (secondary N) is 1.